The second-order valence-corrected chi connectivity index (χ2v) is 5.32. The molecule has 0 aliphatic carbocycles. The summed E-state index contributed by atoms with van der Waals surface area (Å²) in [5.74, 6) is -0.386. The predicted molar refractivity (Wildman–Crippen MR) is 87.3 cm³/mol. The Hall–Kier alpha value is -1.84. The second-order valence-electron chi connectivity index (χ2n) is 4.89. The van der Waals surface area contributed by atoms with Gasteiger partial charge in [-0.15, -0.1) is 0 Å². The SMILES string of the molecule is CCOCC(Cc1ccccc1)OC(=O)c1cccc(Cl)c1. The van der Waals surface area contributed by atoms with Crippen LogP contribution in [0, 0.1) is 0 Å². The first-order valence-corrected chi connectivity index (χ1v) is 7.65. The molecule has 0 amide bonds. The van der Waals surface area contributed by atoms with E-state index in [4.69, 9.17) is 21.1 Å². The summed E-state index contributed by atoms with van der Waals surface area (Å²) in [5, 5.41) is 0.513. The predicted octanol–water partition coefficient (Wildman–Crippen LogP) is 4.14. The molecular formula is C18H19ClO3. The van der Waals surface area contributed by atoms with E-state index in [0.29, 0.717) is 30.2 Å². The first-order valence-electron chi connectivity index (χ1n) is 7.27. The maximum absolute atomic E-state index is 12.2. The van der Waals surface area contributed by atoms with Crippen LogP contribution in [0.1, 0.15) is 22.8 Å². The van der Waals surface area contributed by atoms with Crippen molar-refractivity contribution in [3.63, 3.8) is 0 Å². The zero-order valence-corrected chi connectivity index (χ0v) is 13.3. The summed E-state index contributed by atoms with van der Waals surface area (Å²) in [6, 6.07) is 16.6. The third-order valence-corrected chi connectivity index (χ3v) is 3.38. The normalized spacial score (nSPS) is 11.9. The summed E-state index contributed by atoms with van der Waals surface area (Å²) in [7, 11) is 0. The monoisotopic (exact) mass is 318 g/mol. The lowest BCUT2D eigenvalue weighted by molar-refractivity contribution is -0.00173. The topological polar surface area (TPSA) is 35.5 Å². The Morgan fingerprint density at radius 3 is 2.59 bits per heavy atom. The van der Waals surface area contributed by atoms with E-state index in [2.05, 4.69) is 0 Å². The maximum Gasteiger partial charge on any atom is 0.338 e. The molecule has 0 saturated heterocycles. The molecule has 0 N–H and O–H groups in total. The van der Waals surface area contributed by atoms with Gasteiger partial charge in [0.15, 0.2) is 0 Å². The van der Waals surface area contributed by atoms with Crippen LogP contribution in [0.3, 0.4) is 0 Å². The summed E-state index contributed by atoms with van der Waals surface area (Å²) >= 11 is 5.91. The lowest BCUT2D eigenvalue weighted by Crippen LogP contribution is -2.26. The van der Waals surface area contributed by atoms with Gasteiger partial charge >= 0.3 is 5.97 Å². The molecule has 0 aliphatic rings. The highest BCUT2D eigenvalue weighted by molar-refractivity contribution is 6.30. The summed E-state index contributed by atoms with van der Waals surface area (Å²) < 4.78 is 11.0. The fourth-order valence-electron chi connectivity index (χ4n) is 2.10. The molecule has 2 aromatic carbocycles. The minimum Gasteiger partial charge on any atom is -0.456 e. The van der Waals surface area contributed by atoms with Crippen molar-refractivity contribution in [3.05, 3.63) is 70.7 Å². The fraction of sp³-hybridized carbons (Fsp3) is 0.278. The number of ether oxygens (including phenoxy) is 2. The van der Waals surface area contributed by atoms with Gasteiger partial charge in [-0.2, -0.15) is 0 Å². The Labute approximate surface area is 135 Å². The van der Waals surface area contributed by atoms with Crippen LogP contribution >= 0.6 is 11.6 Å². The number of halogens is 1. The molecule has 22 heavy (non-hydrogen) atoms. The van der Waals surface area contributed by atoms with E-state index in [0.717, 1.165) is 5.56 Å². The molecule has 0 fully saturated rings. The van der Waals surface area contributed by atoms with Crippen molar-refractivity contribution in [2.75, 3.05) is 13.2 Å². The Balaban J connectivity index is 2.04. The molecule has 0 saturated carbocycles. The number of hydrogen-bond donors (Lipinski definition) is 0. The van der Waals surface area contributed by atoms with Gasteiger partial charge < -0.3 is 9.47 Å². The molecule has 2 rings (SSSR count). The van der Waals surface area contributed by atoms with Crippen molar-refractivity contribution < 1.29 is 14.3 Å². The largest absolute Gasteiger partial charge is 0.456 e. The average molecular weight is 319 g/mol. The lowest BCUT2D eigenvalue weighted by Gasteiger charge is -2.18. The van der Waals surface area contributed by atoms with Gasteiger partial charge in [-0.3, -0.25) is 0 Å². The van der Waals surface area contributed by atoms with Gasteiger partial charge in [-0.05, 0) is 30.7 Å². The fourth-order valence-corrected chi connectivity index (χ4v) is 2.29. The van der Waals surface area contributed by atoms with Gasteiger partial charge in [0.1, 0.15) is 6.10 Å². The molecular weight excluding hydrogens is 300 g/mol. The molecule has 0 aromatic heterocycles. The Morgan fingerprint density at radius 2 is 1.91 bits per heavy atom. The smallest absolute Gasteiger partial charge is 0.338 e. The molecule has 116 valence electrons. The molecule has 4 heteroatoms. The van der Waals surface area contributed by atoms with Crippen LogP contribution in [0.15, 0.2) is 54.6 Å². The number of benzene rings is 2. The van der Waals surface area contributed by atoms with Crippen LogP contribution in [0.25, 0.3) is 0 Å². The number of carbonyl (C=O) groups excluding carboxylic acids is 1. The second kappa shape index (κ2) is 8.57. The molecule has 0 aliphatic heterocycles. The Kier molecular flexibility index (Phi) is 6.44. The van der Waals surface area contributed by atoms with E-state index in [-0.39, 0.29) is 12.1 Å². The van der Waals surface area contributed by atoms with Gasteiger partial charge in [0.05, 0.1) is 12.2 Å². The van der Waals surface area contributed by atoms with Crippen molar-refractivity contribution in [1.82, 2.24) is 0 Å². The van der Waals surface area contributed by atoms with Crippen molar-refractivity contribution in [1.29, 1.82) is 0 Å². The third-order valence-electron chi connectivity index (χ3n) is 3.15. The van der Waals surface area contributed by atoms with Crippen LogP contribution in [0.2, 0.25) is 5.02 Å². The van der Waals surface area contributed by atoms with E-state index in [1.807, 2.05) is 37.3 Å². The van der Waals surface area contributed by atoms with Crippen LogP contribution in [-0.4, -0.2) is 25.3 Å². The van der Waals surface area contributed by atoms with E-state index in [1.165, 1.54) is 0 Å². The summed E-state index contributed by atoms with van der Waals surface area (Å²) in [6.07, 6.45) is 0.293. The molecule has 0 radical (unpaired) electrons. The zero-order chi connectivity index (χ0) is 15.8. The van der Waals surface area contributed by atoms with E-state index in [1.54, 1.807) is 24.3 Å². The van der Waals surface area contributed by atoms with Gasteiger partial charge in [0.2, 0.25) is 0 Å². The lowest BCUT2D eigenvalue weighted by atomic mass is 10.1. The van der Waals surface area contributed by atoms with Gasteiger partial charge in [0.25, 0.3) is 0 Å². The summed E-state index contributed by atoms with van der Waals surface area (Å²) in [5.41, 5.74) is 1.55. The van der Waals surface area contributed by atoms with Crippen LogP contribution in [0.5, 0.6) is 0 Å². The molecule has 0 spiro atoms. The van der Waals surface area contributed by atoms with Crippen molar-refractivity contribution in [2.45, 2.75) is 19.4 Å². The van der Waals surface area contributed by atoms with Crippen LogP contribution in [0.4, 0.5) is 0 Å². The molecule has 0 heterocycles. The van der Waals surface area contributed by atoms with Crippen molar-refractivity contribution >= 4 is 17.6 Å². The molecule has 1 atom stereocenters. The van der Waals surface area contributed by atoms with Crippen molar-refractivity contribution in [2.24, 2.45) is 0 Å². The highest BCUT2D eigenvalue weighted by Crippen LogP contribution is 2.14. The third kappa shape index (κ3) is 5.17. The quantitative estimate of drug-likeness (QED) is 0.720. The average Bonchev–Trinajstić information content (AvgIpc) is 2.53. The number of carbonyl (C=O) groups is 1. The molecule has 3 nitrogen and oxygen atoms in total. The Bertz CT molecular complexity index is 598. The van der Waals surface area contributed by atoms with Crippen LogP contribution < -0.4 is 0 Å². The van der Waals surface area contributed by atoms with Crippen molar-refractivity contribution in [3.8, 4) is 0 Å². The molecule has 0 bridgehead atoms. The van der Waals surface area contributed by atoms with Gasteiger partial charge in [-0.25, -0.2) is 4.79 Å². The van der Waals surface area contributed by atoms with E-state index >= 15 is 0 Å². The van der Waals surface area contributed by atoms with E-state index in [9.17, 15) is 4.79 Å². The number of hydrogen-bond acceptors (Lipinski definition) is 3. The highest BCUT2D eigenvalue weighted by atomic mass is 35.5. The van der Waals surface area contributed by atoms with Crippen LogP contribution in [-0.2, 0) is 15.9 Å². The minimum absolute atomic E-state index is 0.325. The van der Waals surface area contributed by atoms with Gasteiger partial charge in [-0.1, -0.05) is 48.0 Å². The van der Waals surface area contributed by atoms with E-state index < -0.39 is 0 Å². The highest BCUT2D eigenvalue weighted by Gasteiger charge is 2.17. The standard InChI is InChI=1S/C18H19ClO3/c1-2-21-13-17(11-14-7-4-3-5-8-14)22-18(20)15-9-6-10-16(19)12-15/h3-10,12,17H,2,11,13H2,1H3. The summed E-state index contributed by atoms with van der Waals surface area (Å²) in [4.78, 5) is 12.2. The first-order chi connectivity index (χ1) is 10.7. The number of rotatable bonds is 7. The molecule has 1 unspecified atom stereocenters. The number of esters is 1. The summed E-state index contributed by atoms with van der Waals surface area (Å²) in [6.45, 7) is 2.87. The Morgan fingerprint density at radius 1 is 1.14 bits per heavy atom. The first kappa shape index (κ1) is 16.5. The maximum atomic E-state index is 12.2. The minimum atomic E-state index is -0.386. The van der Waals surface area contributed by atoms with Gasteiger partial charge in [0, 0.05) is 18.1 Å². The molecule has 2 aromatic rings. The zero-order valence-electron chi connectivity index (χ0n) is 12.5.